The average molecular weight is 574 g/mol. The smallest absolute Gasteiger partial charge is 0.195 e. The van der Waals surface area contributed by atoms with Crippen LogP contribution in [0.25, 0.3) is 0 Å². The zero-order valence-corrected chi connectivity index (χ0v) is 22.2. The number of methoxy groups -OCH3 is 1. The Labute approximate surface area is 213 Å². The molecule has 2 N–H and O–H groups in total. The number of aliphatic imine (C=N–C) groups is 1. The summed E-state index contributed by atoms with van der Waals surface area (Å²) >= 11 is 6.58. The molecule has 9 heteroatoms. The molecule has 7 nitrogen and oxygen atoms in total. The van der Waals surface area contributed by atoms with Crippen molar-refractivity contribution in [3.8, 4) is 11.5 Å². The number of guanidine groups is 1. The first-order valence-electron chi connectivity index (χ1n) is 10.5. The first-order chi connectivity index (χ1) is 15.0. The number of likely N-dealkylation sites (N-methyl/N-ethyl adjacent to an activating group) is 1. The highest BCUT2D eigenvalue weighted by Gasteiger charge is 2.18. The van der Waals surface area contributed by atoms with Crippen LogP contribution in [0.5, 0.6) is 11.5 Å². The quantitative estimate of drug-likeness (QED) is 0.293. The van der Waals surface area contributed by atoms with Crippen molar-refractivity contribution in [2.75, 3.05) is 64.2 Å². The predicted molar refractivity (Wildman–Crippen MR) is 145 cm³/mol. The maximum atomic E-state index is 6.58. The summed E-state index contributed by atoms with van der Waals surface area (Å²) in [7, 11) is 5.53. The molecule has 0 atom stereocenters. The minimum Gasteiger partial charge on any atom is -0.493 e. The van der Waals surface area contributed by atoms with Gasteiger partial charge in [-0.15, -0.1) is 24.0 Å². The summed E-state index contributed by atoms with van der Waals surface area (Å²) in [4.78, 5) is 9.10. The van der Waals surface area contributed by atoms with Crippen molar-refractivity contribution < 1.29 is 9.47 Å². The molecule has 1 saturated heterocycles. The minimum atomic E-state index is 0. The number of rotatable bonds is 7. The number of piperazine rings is 1. The molecule has 0 unspecified atom stereocenters. The number of benzene rings is 2. The minimum absolute atomic E-state index is 0. The monoisotopic (exact) mass is 573 g/mol. The molecular formula is C23H33ClIN5O2. The molecule has 1 aliphatic rings. The summed E-state index contributed by atoms with van der Waals surface area (Å²) in [6, 6.07) is 11.8. The van der Waals surface area contributed by atoms with Crippen LogP contribution < -0.4 is 25.0 Å². The van der Waals surface area contributed by atoms with E-state index in [9.17, 15) is 0 Å². The molecule has 1 aliphatic heterocycles. The Hall–Kier alpha value is -1.91. The zero-order valence-electron chi connectivity index (χ0n) is 19.2. The van der Waals surface area contributed by atoms with Crippen molar-refractivity contribution in [3.05, 3.63) is 47.0 Å². The van der Waals surface area contributed by atoms with E-state index in [1.165, 1.54) is 5.69 Å². The lowest BCUT2D eigenvalue weighted by atomic mass is 10.1. The number of anilines is 2. The fraction of sp³-hybridized carbons (Fsp3) is 0.435. The van der Waals surface area contributed by atoms with E-state index in [-0.39, 0.29) is 24.0 Å². The third kappa shape index (κ3) is 6.79. The van der Waals surface area contributed by atoms with Crippen LogP contribution in [0.4, 0.5) is 11.4 Å². The van der Waals surface area contributed by atoms with Gasteiger partial charge in [0.15, 0.2) is 17.5 Å². The maximum absolute atomic E-state index is 6.58. The van der Waals surface area contributed by atoms with Gasteiger partial charge >= 0.3 is 0 Å². The molecule has 0 aliphatic carbocycles. The van der Waals surface area contributed by atoms with E-state index < -0.39 is 0 Å². The molecular weight excluding hydrogens is 541 g/mol. The average Bonchev–Trinajstić information content (AvgIpc) is 2.78. The van der Waals surface area contributed by atoms with E-state index in [2.05, 4.69) is 38.5 Å². The molecule has 0 saturated carbocycles. The van der Waals surface area contributed by atoms with Gasteiger partial charge in [-0.3, -0.25) is 4.99 Å². The number of hydrogen-bond acceptors (Lipinski definition) is 5. The second-order valence-electron chi connectivity index (χ2n) is 7.38. The van der Waals surface area contributed by atoms with E-state index in [4.69, 9.17) is 21.1 Å². The highest BCUT2D eigenvalue weighted by molar-refractivity contribution is 14.0. The van der Waals surface area contributed by atoms with Gasteiger partial charge in [0.2, 0.25) is 0 Å². The maximum Gasteiger partial charge on any atom is 0.195 e. The molecule has 3 rings (SSSR count). The fourth-order valence-corrected chi connectivity index (χ4v) is 3.81. The van der Waals surface area contributed by atoms with Crippen molar-refractivity contribution >= 4 is 52.9 Å². The number of halogens is 2. The Bertz CT molecular complexity index is 904. The lowest BCUT2D eigenvalue weighted by Crippen LogP contribution is -2.45. The Balaban J connectivity index is 0.00000363. The van der Waals surface area contributed by atoms with E-state index in [0.29, 0.717) is 30.6 Å². The summed E-state index contributed by atoms with van der Waals surface area (Å²) in [5, 5.41) is 7.45. The highest BCUT2D eigenvalue weighted by atomic mass is 127. The molecule has 2 aromatic rings. The predicted octanol–water partition coefficient (Wildman–Crippen LogP) is 4.30. The second kappa shape index (κ2) is 13.0. The third-order valence-electron chi connectivity index (χ3n) is 5.32. The number of nitrogens with zero attached hydrogens (tertiary/aromatic N) is 3. The van der Waals surface area contributed by atoms with Crippen LogP contribution in [0.3, 0.4) is 0 Å². The lowest BCUT2D eigenvalue weighted by molar-refractivity contribution is 0.311. The topological polar surface area (TPSA) is 61.4 Å². The molecule has 32 heavy (non-hydrogen) atoms. The van der Waals surface area contributed by atoms with Crippen molar-refractivity contribution in [1.82, 2.24) is 10.2 Å². The van der Waals surface area contributed by atoms with E-state index in [1.807, 2.05) is 37.3 Å². The van der Waals surface area contributed by atoms with Crippen molar-refractivity contribution in [1.29, 1.82) is 0 Å². The van der Waals surface area contributed by atoms with Gasteiger partial charge in [0.1, 0.15) is 0 Å². The summed E-state index contributed by atoms with van der Waals surface area (Å²) in [6.07, 6.45) is 0. The van der Waals surface area contributed by atoms with Gasteiger partial charge < -0.3 is 29.9 Å². The Kier molecular flexibility index (Phi) is 10.7. The number of hydrogen-bond donors (Lipinski definition) is 2. The van der Waals surface area contributed by atoms with Crippen LogP contribution in [-0.4, -0.2) is 64.9 Å². The van der Waals surface area contributed by atoms with Crippen LogP contribution in [-0.2, 0) is 6.54 Å². The Morgan fingerprint density at radius 3 is 2.53 bits per heavy atom. The standard InChI is InChI=1S/C23H32ClN5O2.HI/c1-5-31-21-10-9-17(15-22(21)30-4)27-23(25-2)26-16-18-19(24)7-6-8-20(18)29-13-11-28(3)12-14-29;/h6-10,15H,5,11-14,16H2,1-4H3,(H2,25,26,27);1H. The first-order valence-corrected chi connectivity index (χ1v) is 10.9. The van der Waals surface area contributed by atoms with Crippen molar-refractivity contribution in [3.63, 3.8) is 0 Å². The van der Waals surface area contributed by atoms with Crippen LogP contribution in [0, 0.1) is 0 Å². The molecule has 0 bridgehead atoms. The summed E-state index contributed by atoms with van der Waals surface area (Å²) in [6.45, 7) is 7.16. The molecule has 176 valence electrons. The number of nitrogens with one attached hydrogen (secondary N) is 2. The first kappa shape index (κ1) is 26.3. The third-order valence-corrected chi connectivity index (χ3v) is 5.67. The molecule has 1 heterocycles. The number of ether oxygens (including phenoxy) is 2. The summed E-state index contributed by atoms with van der Waals surface area (Å²) < 4.78 is 11.0. The van der Waals surface area contributed by atoms with Crippen LogP contribution >= 0.6 is 35.6 Å². The van der Waals surface area contributed by atoms with Gasteiger partial charge in [-0.25, -0.2) is 0 Å². The van der Waals surface area contributed by atoms with Gasteiger partial charge in [-0.1, -0.05) is 17.7 Å². The van der Waals surface area contributed by atoms with Gasteiger partial charge in [0, 0.05) is 67.8 Å². The van der Waals surface area contributed by atoms with Gasteiger partial charge in [-0.2, -0.15) is 0 Å². The van der Waals surface area contributed by atoms with Crippen LogP contribution in [0.2, 0.25) is 5.02 Å². The molecule has 1 fully saturated rings. The fourth-order valence-electron chi connectivity index (χ4n) is 3.57. The Morgan fingerprint density at radius 2 is 1.88 bits per heavy atom. The van der Waals surface area contributed by atoms with Crippen molar-refractivity contribution in [2.45, 2.75) is 13.5 Å². The van der Waals surface area contributed by atoms with E-state index in [1.54, 1.807) is 14.2 Å². The SMILES string of the molecule is CCOc1ccc(NC(=NC)NCc2c(Cl)cccc2N2CCN(C)CC2)cc1OC.I. The molecule has 0 spiro atoms. The molecule has 0 aromatic heterocycles. The van der Waals surface area contributed by atoms with Crippen LogP contribution in [0.15, 0.2) is 41.4 Å². The molecule has 2 aromatic carbocycles. The van der Waals surface area contributed by atoms with Gasteiger partial charge in [0.05, 0.1) is 13.7 Å². The second-order valence-corrected chi connectivity index (χ2v) is 7.78. The van der Waals surface area contributed by atoms with E-state index in [0.717, 1.165) is 42.5 Å². The van der Waals surface area contributed by atoms with Gasteiger partial charge in [-0.05, 0) is 38.2 Å². The Morgan fingerprint density at radius 1 is 1.12 bits per heavy atom. The zero-order chi connectivity index (χ0) is 22.2. The molecule has 0 amide bonds. The summed E-state index contributed by atoms with van der Waals surface area (Å²) in [5.41, 5.74) is 3.10. The lowest BCUT2D eigenvalue weighted by Gasteiger charge is -2.35. The molecule has 0 radical (unpaired) electrons. The highest BCUT2D eigenvalue weighted by Crippen LogP contribution is 2.31. The van der Waals surface area contributed by atoms with E-state index >= 15 is 0 Å². The summed E-state index contributed by atoms with van der Waals surface area (Å²) in [5.74, 6) is 2.03. The largest absolute Gasteiger partial charge is 0.493 e. The van der Waals surface area contributed by atoms with Crippen molar-refractivity contribution in [2.24, 2.45) is 4.99 Å². The van der Waals surface area contributed by atoms with Gasteiger partial charge in [0.25, 0.3) is 0 Å². The van der Waals surface area contributed by atoms with Crippen LogP contribution in [0.1, 0.15) is 12.5 Å². The normalized spacial score (nSPS) is 14.5.